The number of unbranched alkanes of at least 4 members (excludes halogenated alkanes) is 1. The summed E-state index contributed by atoms with van der Waals surface area (Å²) >= 11 is 0. The summed E-state index contributed by atoms with van der Waals surface area (Å²) < 4.78 is 0. The van der Waals surface area contributed by atoms with Gasteiger partial charge in [0.1, 0.15) is 11.4 Å². The molecule has 0 atom stereocenters. The third-order valence-electron chi connectivity index (χ3n) is 4.52. The van der Waals surface area contributed by atoms with Gasteiger partial charge in [0.25, 0.3) is 0 Å². The molecule has 0 unspecified atom stereocenters. The maximum Gasteiger partial charge on any atom is 0.339 e. The Morgan fingerprint density at radius 2 is 2.14 bits per heavy atom. The van der Waals surface area contributed by atoms with Gasteiger partial charge in [-0.2, -0.15) is 0 Å². The predicted octanol–water partition coefficient (Wildman–Crippen LogP) is 3.43. The smallest absolute Gasteiger partial charge is 0.339 e. The van der Waals surface area contributed by atoms with Crippen molar-refractivity contribution in [1.29, 1.82) is 0 Å². The quantitative estimate of drug-likeness (QED) is 0.871. The van der Waals surface area contributed by atoms with E-state index < -0.39 is 5.97 Å². The van der Waals surface area contributed by atoms with Gasteiger partial charge in [-0.05, 0) is 56.6 Å². The minimum Gasteiger partial charge on any atom is -0.478 e. The Morgan fingerprint density at radius 3 is 2.81 bits per heavy atom. The Kier molecular flexibility index (Phi) is 4.13. The summed E-state index contributed by atoms with van der Waals surface area (Å²) in [5.41, 5.74) is 2.68. The SMILES string of the molecule is CCCCN(c1nc2c(cc1C(=O)O)CCCC2)C1CC1. The topological polar surface area (TPSA) is 53.4 Å². The molecule has 0 bridgehead atoms. The van der Waals surface area contributed by atoms with Gasteiger partial charge in [0.2, 0.25) is 0 Å². The summed E-state index contributed by atoms with van der Waals surface area (Å²) in [5, 5.41) is 9.58. The number of hydrogen-bond acceptors (Lipinski definition) is 3. The van der Waals surface area contributed by atoms with Gasteiger partial charge < -0.3 is 10.0 Å². The largest absolute Gasteiger partial charge is 0.478 e. The minimum absolute atomic E-state index is 0.402. The standard InChI is InChI=1S/C17H24N2O2/c1-2-3-10-19(13-8-9-13)16-14(17(20)21)11-12-6-4-5-7-15(12)18-16/h11,13H,2-10H2,1H3,(H,20,21). The minimum atomic E-state index is -0.840. The van der Waals surface area contributed by atoms with E-state index in [2.05, 4.69) is 11.8 Å². The van der Waals surface area contributed by atoms with Crippen LogP contribution in [0, 0.1) is 0 Å². The van der Waals surface area contributed by atoms with Crippen LogP contribution in [0.3, 0.4) is 0 Å². The second kappa shape index (κ2) is 6.04. The molecule has 2 aliphatic rings. The highest BCUT2D eigenvalue weighted by atomic mass is 16.4. The summed E-state index contributed by atoms with van der Waals surface area (Å²) in [6, 6.07) is 2.39. The third kappa shape index (κ3) is 3.04. The molecule has 2 aliphatic carbocycles. The lowest BCUT2D eigenvalue weighted by atomic mass is 9.94. The average molecular weight is 288 g/mol. The van der Waals surface area contributed by atoms with Crippen molar-refractivity contribution in [2.24, 2.45) is 0 Å². The Balaban J connectivity index is 1.99. The monoisotopic (exact) mass is 288 g/mol. The zero-order chi connectivity index (χ0) is 14.8. The van der Waals surface area contributed by atoms with E-state index in [1.807, 2.05) is 6.07 Å². The molecule has 0 aromatic carbocycles. The molecule has 0 spiro atoms. The van der Waals surface area contributed by atoms with Crippen molar-refractivity contribution in [3.8, 4) is 0 Å². The van der Waals surface area contributed by atoms with Gasteiger partial charge in [-0.3, -0.25) is 0 Å². The molecule has 3 rings (SSSR count). The Bertz CT molecular complexity index is 538. The van der Waals surface area contributed by atoms with E-state index in [0.29, 0.717) is 11.6 Å². The molecule has 21 heavy (non-hydrogen) atoms. The van der Waals surface area contributed by atoms with E-state index in [4.69, 9.17) is 4.98 Å². The number of pyridine rings is 1. The molecule has 4 nitrogen and oxygen atoms in total. The second-order valence-corrected chi connectivity index (χ2v) is 6.26. The van der Waals surface area contributed by atoms with Crippen LogP contribution in [-0.2, 0) is 12.8 Å². The van der Waals surface area contributed by atoms with Gasteiger partial charge in [-0.25, -0.2) is 9.78 Å². The number of carboxylic acid groups (broad SMARTS) is 1. The van der Waals surface area contributed by atoms with E-state index in [-0.39, 0.29) is 0 Å². The van der Waals surface area contributed by atoms with Gasteiger partial charge in [-0.15, -0.1) is 0 Å². The van der Waals surface area contributed by atoms with Crippen LogP contribution in [-0.4, -0.2) is 28.6 Å². The first kappa shape index (κ1) is 14.4. The number of aromatic carboxylic acids is 1. The summed E-state index contributed by atoms with van der Waals surface area (Å²) in [4.78, 5) is 18.7. The van der Waals surface area contributed by atoms with Gasteiger partial charge in [-0.1, -0.05) is 13.3 Å². The summed E-state index contributed by atoms with van der Waals surface area (Å²) in [6.45, 7) is 3.09. The van der Waals surface area contributed by atoms with E-state index >= 15 is 0 Å². The number of carbonyl (C=O) groups is 1. The molecule has 114 valence electrons. The zero-order valence-electron chi connectivity index (χ0n) is 12.8. The van der Waals surface area contributed by atoms with Crippen LogP contribution in [0.15, 0.2) is 6.07 Å². The Labute approximate surface area is 126 Å². The Morgan fingerprint density at radius 1 is 1.38 bits per heavy atom. The number of fused-ring (bicyclic) bond motifs is 1. The van der Waals surface area contributed by atoms with E-state index in [1.165, 1.54) is 19.3 Å². The van der Waals surface area contributed by atoms with Crippen LogP contribution >= 0.6 is 0 Å². The average Bonchev–Trinajstić information content (AvgIpc) is 3.31. The molecule has 1 saturated carbocycles. The van der Waals surface area contributed by atoms with Gasteiger partial charge in [0.05, 0.1) is 0 Å². The first-order valence-electron chi connectivity index (χ1n) is 8.23. The lowest BCUT2D eigenvalue weighted by molar-refractivity contribution is 0.0697. The normalized spacial score (nSPS) is 17.4. The van der Waals surface area contributed by atoms with Crippen molar-refractivity contribution in [2.75, 3.05) is 11.4 Å². The fraction of sp³-hybridized carbons (Fsp3) is 0.647. The fourth-order valence-electron chi connectivity index (χ4n) is 3.18. The predicted molar refractivity (Wildman–Crippen MR) is 83.1 cm³/mol. The maximum atomic E-state index is 11.7. The van der Waals surface area contributed by atoms with Crippen molar-refractivity contribution >= 4 is 11.8 Å². The van der Waals surface area contributed by atoms with Gasteiger partial charge in [0.15, 0.2) is 0 Å². The van der Waals surface area contributed by atoms with Gasteiger partial charge >= 0.3 is 5.97 Å². The van der Waals surface area contributed by atoms with Crippen LogP contribution in [0.2, 0.25) is 0 Å². The number of aryl methyl sites for hydroxylation is 2. The highest BCUT2D eigenvalue weighted by molar-refractivity contribution is 5.93. The van der Waals surface area contributed by atoms with Crippen LogP contribution in [0.4, 0.5) is 5.82 Å². The van der Waals surface area contributed by atoms with Crippen molar-refractivity contribution in [3.63, 3.8) is 0 Å². The molecular weight excluding hydrogens is 264 g/mol. The Hall–Kier alpha value is -1.58. The number of rotatable bonds is 6. The summed E-state index contributed by atoms with van der Waals surface area (Å²) in [6.07, 6.45) is 8.84. The molecule has 0 amide bonds. The molecule has 1 aromatic heterocycles. The molecule has 0 aliphatic heterocycles. The second-order valence-electron chi connectivity index (χ2n) is 6.26. The molecule has 1 heterocycles. The first-order chi connectivity index (χ1) is 10.2. The van der Waals surface area contributed by atoms with Crippen LogP contribution in [0.1, 0.15) is 67.1 Å². The maximum absolute atomic E-state index is 11.7. The van der Waals surface area contributed by atoms with Crippen molar-refractivity contribution in [2.45, 2.75) is 64.3 Å². The van der Waals surface area contributed by atoms with Crippen LogP contribution in [0.5, 0.6) is 0 Å². The zero-order valence-corrected chi connectivity index (χ0v) is 12.8. The van der Waals surface area contributed by atoms with Crippen molar-refractivity contribution in [1.82, 2.24) is 4.98 Å². The number of carboxylic acids is 1. The molecular formula is C17H24N2O2. The van der Waals surface area contributed by atoms with E-state index in [9.17, 15) is 9.90 Å². The lowest BCUT2D eigenvalue weighted by Crippen LogP contribution is -2.30. The summed E-state index contributed by atoms with van der Waals surface area (Å²) in [7, 11) is 0. The highest BCUT2D eigenvalue weighted by Crippen LogP contribution is 2.34. The molecule has 1 fully saturated rings. The van der Waals surface area contributed by atoms with Gasteiger partial charge in [0, 0.05) is 18.3 Å². The van der Waals surface area contributed by atoms with E-state index in [0.717, 1.165) is 55.7 Å². The molecule has 0 radical (unpaired) electrons. The van der Waals surface area contributed by atoms with Crippen molar-refractivity contribution in [3.05, 3.63) is 22.9 Å². The first-order valence-corrected chi connectivity index (χ1v) is 8.23. The fourth-order valence-corrected chi connectivity index (χ4v) is 3.18. The van der Waals surface area contributed by atoms with Crippen molar-refractivity contribution < 1.29 is 9.90 Å². The molecule has 1 N–H and O–H groups in total. The number of hydrogen-bond donors (Lipinski definition) is 1. The molecule has 1 aromatic rings. The van der Waals surface area contributed by atoms with Crippen LogP contribution in [0.25, 0.3) is 0 Å². The number of anilines is 1. The van der Waals surface area contributed by atoms with Crippen LogP contribution < -0.4 is 4.90 Å². The lowest BCUT2D eigenvalue weighted by Gasteiger charge is -2.27. The summed E-state index contributed by atoms with van der Waals surface area (Å²) in [5.74, 6) is -0.118. The molecule has 4 heteroatoms. The highest BCUT2D eigenvalue weighted by Gasteiger charge is 2.33. The van der Waals surface area contributed by atoms with E-state index in [1.54, 1.807) is 0 Å². The number of nitrogens with zero attached hydrogens (tertiary/aromatic N) is 2. The number of aromatic nitrogens is 1. The molecule has 0 saturated heterocycles. The third-order valence-corrected chi connectivity index (χ3v) is 4.52.